The Kier molecular flexibility index (Phi) is 6.97. The van der Waals surface area contributed by atoms with Crippen molar-refractivity contribution in [1.29, 1.82) is 0 Å². The highest BCUT2D eigenvalue weighted by Gasteiger charge is 2.35. The molecule has 1 aliphatic carbocycles. The molecule has 29 heavy (non-hydrogen) atoms. The Bertz CT molecular complexity index is 831. The van der Waals surface area contributed by atoms with Crippen LogP contribution in [0, 0.1) is 24.7 Å². The molecule has 3 rings (SSSR count). The molecule has 2 unspecified atom stereocenters. The SMILES string of the molecule is CC#Cc1cc(C)c(C2C(=O)CCCN(C(=O)C3CC3)CCCC2O)c(OC)c1. The number of carbonyl (C=O) groups is 2. The molecule has 2 atom stereocenters. The van der Waals surface area contributed by atoms with E-state index in [1.54, 1.807) is 14.0 Å². The molecule has 2 fully saturated rings. The number of benzene rings is 1. The number of aliphatic hydroxyl groups excluding tert-OH is 1. The number of Topliss-reactive ketones (excluding diaryl/α,β-unsaturated/α-hetero) is 1. The van der Waals surface area contributed by atoms with Crippen LogP contribution in [0.15, 0.2) is 12.1 Å². The normalized spacial score (nSPS) is 23.2. The van der Waals surface area contributed by atoms with E-state index in [-0.39, 0.29) is 17.6 Å². The fraction of sp³-hybridized carbons (Fsp3) is 0.583. The molecule has 5 nitrogen and oxygen atoms in total. The lowest BCUT2D eigenvalue weighted by atomic mass is 9.82. The van der Waals surface area contributed by atoms with Crippen LogP contribution < -0.4 is 4.74 Å². The molecule has 0 aromatic heterocycles. The Morgan fingerprint density at radius 3 is 2.59 bits per heavy atom. The molecule has 2 aliphatic rings. The molecule has 0 spiro atoms. The van der Waals surface area contributed by atoms with Crippen LogP contribution >= 0.6 is 0 Å². The summed E-state index contributed by atoms with van der Waals surface area (Å²) in [6.45, 7) is 4.98. The second-order valence-corrected chi connectivity index (χ2v) is 8.14. The number of methoxy groups -OCH3 is 1. The smallest absolute Gasteiger partial charge is 0.225 e. The maximum Gasteiger partial charge on any atom is 0.225 e. The van der Waals surface area contributed by atoms with E-state index in [0.717, 1.165) is 29.5 Å². The van der Waals surface area contributed by atoms with Crippen molar-refractivity contribution in [3.8, 4) is 17.6 Å². The number of hydrogen-bond donors (Lipinski definition) is 1. The minimum atomic E-state index is -0.797. The minimum Gasteiger partial charge on any atom is -0.496 e. The number of ether oxygens (including phenoxy) is 1. The number of aliphatic hydroxyl groups is 1. The lowest BCUT2D eigenvalue weighted by Gasteiger charge is -2.29. The second kappa shape index (κ2) is 9.45. The lowest BCUT2D eigenvalue weighted by molar-refractivity contribution is -0.133. The first kappa shape index (κ1) is 21.4. The molecule has 1 aromatic rings. The first-order chi connectivity index (χ1) is 14.0. The van der Waals surface area contributed by atoms with Crippen molar-refractivity contribution in [2.45, 2.75) is 64.4 Å². The molecule has 1 heterocycles. The zero-order chi connectivity index (χ0) is 21.0. The Balaban J connectivity index is 1.85. The van der Waals surface area contributed by atoms with E-state index in [1.807, 2.05) is 24.0 Å². The van der Waals surface area contributed by atoms with Gasteiger partial charge in [0.15, 0.2) is 0 Å². The Morgan fingerprint density at radius 2 is 1.93 bits per heavy atom. The van der Waals surface area contributed by atoms with Crippen molar-refractivity contribution in [1.82, 2.24) is 4.90 Å². The third kappa shape index (κ3) is 5.00. The highest BCUT2D eigenvalue weighted by Crippen LogP contribution is 2.37. The van der Waals surface area contributed by atoms with Crippen molar-refractivity contribution in [3.63, 3.8) is 0 Å². The molecule has 1 saturated carbocycles. The standard InChI is InChI=1S/C24H31NO4/c1-4-7-17-14-16(2)22(21(15-17)29-3)23-19(26)8-5-12-25(13-6-9-20(23)27)24(28)18-10-11-18/h14-15,18-19,23,26H,5-6,8-13H2,1-3H3. The van der Waals surface area contributed by atoms with Crippen LogP contribution in [0.25, 0.3) is 0 Å². The Morgan fingerprint density at radius 1 is 1.21 bits per heavy atom. The number of ketones is 1. The highest BCUT2D eigenvalue weighted by molar-refractivity contribution is 5.88. The van der Waals surface area contributed by atoms with Crippen LogP contribution in [0.1, 0.15) is 68.1 Å². The molecule has 156 valence electrons. The van der Waals surface area contributed by atoms with Crippen molar-refractivity contribution < 1.29 is 19.4 Å². The van der Waals surface area contributed by atoms with Gasteiger partial charge < -0.3 is 14.7 Å². The summed E-state index contributed by atoms with van der Waals surface area (Å²) in [5, 5.41) is 11.0. The van der Waals surface area contributed by atoms with Gasteiger partial charge in [-0.05, 0) is 63.6 Å². The second-order valence-electron chi connectivity index (χ2n) is 8.14. The van der Waals surface area contributed by atoms with Crippen molar-refractivity contribution in [2.24, 2.45) is 5.92 Å². The first-order valence-corrected chi connectivity index (χ1v) is 10.6. The summed E-state index contributed by atoms with van der Waals surface area (Å²) >= 11 is 0. The third-order valence-corrected chi connectivity index (χ3v) is 5.90. The van der Waals surface area contributed by atoms with Crippen LogP contribution in [0.5, 0.6) is 5.75 Å². The predicted molar refractivity (Wildman–Crippen MR) is 112 cm³/mol. The monoisotopic (exact) mass is 397 g/mol. The molecule has 1 saturated heterocycles. The molecular formula is C24H31NO4. The van der Waals surface area contributed by atoms with Gasteiger partial charge in [-0.25, -0.2) is 0 Å². The average Bonchev–Trinajstić information content (AvgIpc) is 3.53. The summed E-state index contributed by atoms with van der Waals surface area (Å²) in [6.07, 6.45) is 3.30. The summed E-state index contributed by atoms with van der Waals surface area (Å²) in [5.74, 6) is 6.31. The number of carbonyl (C=O) groups excluding carboxylic acids is 2. The van der Waals surface area contributed by atoms with E-state index in [0.29, 0.717) is 44.5 Å². The number of amides is 1. The van der Waals surface area contributed by atoms with Gasteiger partial charge in [-0.1, -0.05) is 5.92 Å². The molecular weight excluding hydrogens is 366 g/mol. The van der Waals surface area contributed by atoms with Crippen molar-refractivity contribution in [2.75, 3.05) is 20.2 Å². The molecule has 0 bridgehead atoms. The van der Waals surface area contributed by atoms with E-state index >= 15 is 0 Å². The molecule has 1 aliphatic heterocycles. The van der Waals surface area contributed by atoms with Gasteiger partial charge in [0.25, 0.3) is 0 Å². The summed E-state index contributed by atoms with van der Waals surface area (Å²) in [7, 11) is 1.58. The highest BCUT2D eigenvalue weighted by atomic mass is 16.5. The number of hydrogen-bond acceptors (Lipinski definition) is 4. The summed E-state index contributed by atoms with van der Waals surface area (Å²) in [5.41, 5.74) is 2.50. The predicted octanol–water partition coefficient (Wildman–Crippen LogP) is 3.20. The zero-order valence-corrected chi connectivity index (χ0v) is 17.7. The maximum atomic E-state index is 13.1. The van der Waals surface area contributed by atoms with E-state index in [2.05, 4.69) is 11.8 Å². The fourth-order valence-corrected chi connectivity index (χ4v) is 4.30. The van der Waals surface area contributed by atoms with Gasteiger partial charge in [0.2, 0.25) is 5.91 Å². The van der Waals surface area contributed by atoms with Crippen LogP contribution in [-0.2, 0) is 9.59 Å². The first-order valence-electron chi connectivity index (χ1n) is 10.6. The van der Waals surface area contributed by atoms with Crippen molar-refractivity contribution in [3.05, 3.63) is 28.8 Å². The van der Waals surface area contributed by atoms with Gasteiger partial charge >= 0.3 is 0 Å². The molecule has 1 N–H and O–H groups in total. The van der Waals surface area contributed by atoms with Gasteiger partial charge in [-0.3, -0.25) is 9.59 Å². The van der Waals surface area contributed by atoms with Crippen LogP contribution in [0.4, 0.5) is 0 Å². The van der Waals surface area contributed by atoms with Gasteiger partial charge in [0.1, 0.15) is 11.5 Å². The van der Waals surface area contributed by atoms with Gasteiger partial charge in [0, 0.05) is 36.6 Å². The largest absolute Gasteiger partial charge is 0.496 e. The summed E-state index contributed by atoms with van der Waals surface area (Å²) < 4.78 is 5.59. The van der Waals surface area contributed by atoms with E-state index < -0.39 is 12.0 Å². The van der Waals surface area contributed by atoms with Crippen LogP contribution in [0.2, 0.25) is 0 Å². The summed E-state index contributed by atoms with van der Waals surface area (Å²) in [6, 6.07) is 3.79. The molecule has 1 amide bonds. The summed E-state index contributed by atoms with van der Waals surface area (Å²) in [4.78, 5) is 27.5. The van der Waals surface area contributed by atoms with E-state index in [4.69, 9.17) is 4.74 Å². The third-order valence-electron chi connectivity index (χ3n) is 5.90. The minimum absolute atomic E-state index is 0.00828. The average molecular weight is 398 g/mol. The van der Waals surface area contributed by atoms with E-state index in [1.165, 1.54) is 0 Å². The topological polar surface area (TPSA) is 66.8 Å². The van der Waals surface area contributed by atoms with Gasteiger partial charge in [-0.15, -0.1) is 5.92 Å². The van der Waals surface area contributed by atoms with Gasteiger partial charge in [0.05, 0.1) is 19.1 Å². The van der Waals surface area contributed by atoms with Crippen molar-refractivity contribution >= 4 is 11.7 Å². The lowest BCUT2D eigenvalue weighted by Crippen LogP contribution is -2.37. The number of aryl methyl sites for hydroxylation is 1. The quantitative estimate of drug-likeness (QED) is 0.796. The molecule has 0 radical (unpaired) electrons. The number of rotatable bonds is 3. The number of nitrogens with zero attached hydrogens (tertiary/aromatic N) is 1. The Labute approximate surface area is 173 Å². The molecule has 1 aromatic carbocycles. The fourth-order valence-electron chi connectivity index (χ4n) is 4.30. The zero-order valence-electron chi connectivity index (χ0n) is 17.7. The van der Waals surface area contributed by atoms with Crippen LogP contribution in [0.3, 0.4) is 0 Å². The van der Waals surface area contributed by atoms with Crippen LogP contribution in [-0.4, -0.2) is 48.0 Å². The maximum absolute atomic E-state index is 13.1. The van der Waals surface area contributed by atoms with Gasteiger partial charge in [-0.2, -0.15) is 0 Å². The van der Waals surface area contributed by atoms with E-state index in [9.17, 15) is 14.7 Å². The Hall–Kier alpha value is -2.32. The molecule has 5 heteroatoms.